The summed E-state index contributed by atoms with van der Waals surface area (Å²) in [5.74, 6) is 2.44. The maximum Gasteiger partial charge on any atom is 0.241 e. The van der Waals surface area contributed by atoms with Crippen LogP contribution in [0.15, 0.2) is 24.4 Å². The fourth-order valence-corrected chi connectivity index (χ4v) is 7.41. The topological polar surface area (TPSA) is 65.5 Å². The molecule has 0 aromatic carbocycles. The zero-order valence-electron chi connectivity index (χ0n) is 19.5. The number of nitrogens with zero attached hydrogens (tertiary/aromatic N) is 3. The Morgan fingerprint density at radius 3 is 2.34 bits per heavy atom. The summed E-state index contributed by atoms with van der Waals surface area (Å²) in [4.78, 5) is 34.8. The van der Waals surface area contributed by atoms with Gasteiger partial charge in [0.05, 0.1) is 6.54 Å². The van der Waals surface area contributed by atoms with Crippen molar-refractivity contribution in [2.45, 2.75) is 63.8 Å². The second-order valence-electron chi connectivity index (χ2n) is 11.0. The van der Waals surface area contributed by atoms with E-state index in [1.807, 2.05) is 30.3 Å². The van der Waals surface area contributed by atoms with Gasteiger partial charge in [-0.1, -0.05) is 6.07 Å². The summed E-state index contributed by atoms with van der Waals surface area (Å²) in [5, 5.41) is 3.06. The molecule has 1 N–H and O–H groups in total. The summed E-state index contributed by atoms with van der Waals surface area (Å²) in [7, 11) is 1.91. The number of nitrogens with one attached hydrogen (secondary N) is 1. The monoisotopic (exact) mass is 438 g/mol. The number of carbonyl (C=O) groups is 2. The molecule has 1 aliphatic heterocycles. The molecule has 4 bridgehead atoms. The number of likely N-dealkylation sites (N-methyl/N-ethyl adjacent to an activating group) is 1. The van der Waals surface area contributed by atoms with Crippen molar-refractivity contribution in [3.8, 4) is 0 Å². The van der Waals surface area contributed by atoms with Crippen LogP contribution in [-0.4, -0.2) is 65.9 Å². The van der Waals surface area contributed by atoms with Crippen LogP contribution in [0.3, 0.4) is 0 Å². The third-order valence-electron chi connectivity index (χ3n) is 8.83. The van der Waals surface area contributed by atoms with Crippen molar-refractivity contribution < 1.29 is 9.59 Å². The Hall–Kier alpha value is -1.95. The predicted molar refractivity (Wildman–Crippen MR) is 124 cm³/mol. The average Bonchev–Trinajstić information content (AvgIpc) is 2.80. The summed E-state index contributed by atoms with van der Waals surface area (Å²) in [6.45, 7) is 3.18. The van der Waals surface area contributed by atoms with Crippen molar-refractivity contribution >= 4 is 11.8 Å². The normalized spacial score (nSPS) is 32.1. The van der Waals surface area contributed by atoms with Gasteiger partial charge < -0.3 is 15.1 Å². The van der Waals surface area contributed by atoms with Gasteiger partial charge in [0.2, 0.25) is 11.8 Å². The number of hydrogen-bond acceptors (Lipinski definition) is 4. The lowest BCUT2D eigenvalue weighted by atomic mass is 9.49. The minimum Gasteiger partial charge on any atom is -0.347 e. The highest BCUT2D eigenvalue weighted by Gasteiger charge is 2.54. The predicted octanol–water partition coefficient (Wildman–Crippen LogP) is 2.88. The number of rotatable bonds is 7. The fourth-order valence-electron chi connectivity index (χ4n) is 7.41. The number of amides is 2. The molecule has 32 heavy (non-hydrogen) atoms. The van der Waals surface area contributed by atoms with Gasteiger partial charge in [-0.15, -0.1) is 0 Å². The highest BCUT2D eigenvalue weighted by molar-refractivity contribution is 5.88. The maximum atomic E-state index is 13.1. The lowest BCUT2D eigenvalue weighted by Crippen LogP contribution is -2.55. The Balaban J connectivity index is 1.05. The third kappa shape index (κ3) is 4.57. The molecule has 1 aromatic heterocycles. The molecule has 6 heteroatoms. The largest absolute Gasteiger partial charge is 0.347 e. The van der Waals surface area contributed by atoms with E-state index in [0.29, 0.717) is 0 Å². The molecule has 0 atom stereocenters. The second-order valence-corrected chi connectivity index (χ2v) is 11.0. The van der Waals surface area contributed by atoms with Crippen LogP contribution in [0.4, 0.5) is 0 Å². The number of aromatic nitrogens is 1. The van der Waals surface area contributed by atoms with E-state index in [9.17, 15) is 9.59 Å². The molecule has 4 saturated carbocycles. The van der Waals surface area contributed by atoms with Gasteiger partial charge in [-0.3, -0.25) is 14.6 Å². The summed E-state index contributed by atoms with van der Waals surface area (Å²) in [6, 6.07) is 6.34. The van der Waals surface area contributed by atoms with Gasteiger partial charge in [0.15, 0.2) is 0 Å². The van der Waals surface area contributed by atoms with E-state index in [4.69, 9.17) is 0 Å². The summed E-state index contributed by atoms with van der Waals surface area (Å²) in [6.07, 6.45) is 11.9. The average molecular weight is 439 g/mol. The van der Waals surface area contributed by atoms with Crippen LogP contribution in [0, 0.1) is 23.2 Å². The van der Waals surface area contributed by atoms with Crippen molar-refractivity contribution in [3.05, 3.63) is 30.1 Å². The lowest BCUT2D eigenvalue weighted by Gasteiger charge is -2.55. The van der Waals surface area contributed by atoms with E-state index in [-0.39, 0.29) is 29.8 Å². The van der Waals surface area contributed by atoms with Crippen LogP contribution < -0.4 is 5.32 Å². The van der Waals surface area contributed by atoms with Gasteiger partial charge in [0, 0.05) is 56.5 Å². The maximum absolute atomic E-state index is 13.1. The first-order valence-corrected chi connectivity index (χ1v) is 12.7. The van der Waals surface area contributed by atoms with Crippen LogP contribution >= 0.6 is 0 Å². The highest BCUT2D eigenvalue weighted by atomic mass is 16.2. The van der Waals surface area contributed by atoms with Crippen molar-refractivity contribution in [1.29, 1.82) is 0 Å². The first kappa shape index (κ1) is 21.9. The number of carbonyl (C=O) groups excluding carboxylic acids is 2. The molecule has 5 aliphatic rings. The van der Waals surface area contributed by atoms with Gasteiger partial charge in [0.1, 0.15) is 0 Å². The number of pyridine rings is 1. The van der Waals surface area contributed by atoms with E-state index < -0.39 is 0 Å². The molecule has 2 heterocycles. The van der Waals surface area contributed by atoms with E-state index in [0.717, 1.165) is 81.6 Å². The van der Waals surface area contributed by atoms with Gasteiger partial charge in [-0.05, 0) is 81.3 Å². The molecule has 6 nitrogen and oxygen atoms in total. The standard InChI is InChI=1S/C26H38N4O2/c1-29(23-6-10-30(11-7-23)9-5-22-4-2-3-8-27-22)24(31)18-28-25(32)26-15-19-12-20(16-26)14-21(13-19)17-26/h2-4,8,19-21,23H,5-7,9-18H2,1H3,(H,28,32). The van der Waals surface area contributed by atoms with Crippen LogP contribution in [0.25, 0.3) is 0 Å². The molecule has 5 fully saturated rings. The van der Waals surface area contributed by atoms with Crippen LogP contribution in [0.2, 0.25) is 0 Å². The molecular weight excluding hydrogens is 400 g/mol. The van der Waals surface area contributed by atoms with Crippen molar-refractivity contribution in [1.82, 2.24) is 20.1 Å². The highest BCUT2D eigenvalue weighted by Crippen LogP contribution is 2.60. The van der Waals surface area contributed by atoms with Gasteiger partial charge in [-0.25, -0.2) is 0 Å². The molecule has 4 aliphatic carbocycles. The van der Waals surface area contributed by atoms with Crippen molar-refractivity contribution in [3.63, 3.8) is 0 Å². The first-order valence-electron chi connectivity index (χ1n) is 12.7. The summed E-state index contributed by atoms with van der Waals surface area (Å²) >= 11 is 0. The van der Waals surface area contributed by atoms with Crippen molar-refractivity contribution in [2.24, 2.45) is 23.2 Å². The zero-order valence-corrected chi connectivity index (χ0v) is 19.5. The van der Waals surface area contributed by atoms with Gasteiger partial charge >= 0.3 is 0 Å². The Morgan fingerprint density at radius 1 is 1.09 bits per heavy atom. The molecule has 174 valence electrons. The number of hydrogen-bond donors (Lipinski definition) is 1. The Labute approximate surface area is 192 Å². The molecule has 2 amide bonds. The zero-order chi connectivity index (χ0) is 22.1. The molecule has 0 spiro atoms. The second kappa shape index (κ2) is 9.12. The fraction of sp³-hybridized carbons (Fsp3) is 0.731. The minimum absolute atomic E-state index is 0.0509. The molecule has 0 radical (unpaired) electrons. The quantitative estimate of drug-likeness (QED) is 0.711. The van der Waals surface area contributed by atoms with E-state index >= 15 is 0 Å². The molecule has 1 aromatic rings. The van der Waals surface area contributed by atoms with E-state index in [2.05, 4.69) is 21.3 Å². The SMILES string of the molecule is CN(C(=O)CNC(=O)C12CC3CC(CC(C3)C1)C2)C1CCN(CCc2ccccn2)CC1. The van der Waals surface area contributed by atoms with Crippen molar-refractivity contribution in [2.75, 3.05) is 33.2 Å². The van der Waals surface area contributed by atoms with Crippen LogP contribution in [0.5, 0.6) is 0 Å². The smallest absolute Gasteiger partial charge is 0.241 e. The molecular formula is C26H38N4O2. The first-order chi connectivity index (χ1) is 15.5. The van der Waals surface area contributed by atoms with Crippen LogP contribution in [0.1, 0.15) is 57.1 Å². The van der Waals surface area contributed by atoms with E-state index in [1.54, 1.807) is 0 Å². The molecule has 1 saturated heterocycles. The van der Waals surface area contributed by atoms with Gasteiger partial charge in [0.25, 0.3) is 0 Å². The summed E-state index contributed by atoms with van der Waals surface area (Å²) in [5.41, 5.74) is 0.962. The van der Waals surface area contributed by atoms with Crippen LogP contribution in [-0.2, 0) is 16.0 Å². The minimum atomic E-state index is -0.174. The Bertz CT molecular complexity index is 783. The molecule has 6 rings (SSSR count). The lowest BCUT2D eigenvalue weighted by molar-refractivity contribution is -0.148. The Kier molecular flexibility index (Phi) is 6.24. The van der Waals surface area contributed by atoms with E-state index in [1.165, 1.54) is 19.3 Å². The van der Waals surface area contributed by atoms with Gasteiger partial charge in [-0.2, -0.15) is 0 Å². The Morgan fingerprint density at radius 2 is 1.75 bits per heavy atom. The molecule has 0 unspecified atom stereocenters. The number of likely N-dealkylation sites (tertiary alicyclic amines) is 1. The summed E-state index contributed by atoms with van der Waals surface area (Å²) < 4.78 is 0. The third-order valence-corrected chi connectivity index (χ3v) is 8.83. The number of piperidine rings is 1.